The molecule has 0 radical (unpaired) electrons. The number of hydrogen-bond acceptors (Lipinski definition) is 6. The standard InChI is InChI=1S/C21H21F3N4O3S/c1-26(32-17-5-2-15(3-6-17)28(29)30)16-4-7-19-18(12-16)25-20(21(22,23)24)27(19)13-14-8-10-31-11-9-14/h2-7,12,14H,8-11,13H2,1H3. The van der Waals surface area contributed by atoms with Gasteiger partial charge in [-0.3, -0.25) is 10.1 Å². The van der Waals surface area contributed by atoms with Crippen LogP contribution in [0.4, 0.5) is 24.5 Å². The van der Waals surface area contributed by atoms with Gasteiger partial charge in [-0.1, -0.05) is 0 Å². The van der Waals surface area contributed by atoms with Gasteiger partial charge in [0.25, 0.3) is 5.69 Å². The van der Waals surface area contributed by atoms with E-state index in [1.165, 1.54) is 28.6 Å². The van der Waals surface area contributed by atoms with Crippen molar-refractivity contribution in [2.75, 3.05) is 24.6 Å². The monoisotopic (exact) mass is 466 g/mol. The fraction of sp³-hybridized carbons (Fsp3) is 0.381. The summed E-state index contributed by atoms with van der Waals surface area (Å²) in [6, 6.07) is 11.1. The fourth-order valence-electron chi connectivity index (χ4n) is 3.74. The Bertz CT molecular complexity index is 1110. The van der Waals surface area contributed by atoms with Gasteiger partial charge in [-0.2, -0.15) is 13.2 Å². The van der Waals surface area contributed by atoms with Crippen molar-refractivity contribution in [2.45, 2.75) is 30.5 Å². The molecule has 2 aromatic carbocycles. The smallest absolute Gasteiger partial charge is 0.381 e. The molecule has 1 aliphatic rings. The molecule has 32 heavy (non-hydrogen) atoms. The first-order valence-electron chi connectivity index (χ1n) is 10.0. The van der Waals surface area contributed by atoms with Gasteiger partial charge in [-0.25, -0.2) is 4.98 Å². The summed E-state index contributed by atoms with van der Waals surface area (Å²) >= 11 is 1.31. The Morgan fingerprint density at radius 3 is 2.53 bits per heavy atom. The largest absolute Gasteiger partial charge is 0.449 e. The van der Waals surface area contributed by atoms with Crippen LogP contribution in [0.3, 0.4) is 0 Å². The minimum absolute atomic E-state index is 0.00632. The molecule has 1 saturated heterocycles. The van der Waals surface area contributed by atoms with E-state index in [4.69, 9.17) is 4.74 Å². The number of ether oxygens (including phenoxy) is 1. The van der Waals surface area contributed by atoms with Crippen LogP contribution < -0.4 is 4.31 Å². The van der Waals surface area contributed by atoms with Crippen molar-refractivity contribution in [3.8, 4) is 0 Å². The lowest BCUT2D eigenvalue weighted by molar-refractivity contribution is -0.384. The van der Waals surface area contributed by atoms with Crippen molar-refractivity contribution in [1.29, 1.82) is 0 Å². The van der Waals surface area contributed by atoms with Crippen molar-refractivity contribution < 1.29 is 22.8 Å². The molecular weight excluding hydrogens is 445 g/mol. The molecular formula is C21H21F3N4O3S. The Hall–Kier alpha value is -2.79. The molecule has 0 amide bonds. The molecule has 1 aliphatic heterocycles. The van der Waals surface area contributed by atoms with Gasteiger partial charge in [0.05, 0.1) is 16.0 Å². The number of nitro groups is 1. The first kappa shape index (κ1) is 22.4. The fourth-order valence-corrected chi connectivity index (χ4v) is 4.53. The Labute approximate surface area is 186 Å². The van der Waals surface area contributed by atoms with Crippen molar-refractivity contribution in [2.24, 2.45) is 5.92 Å². The van der Waals surface area contributed by atoms with Crippen molar-refractivity contribution in [1.82, 2.24) is 9.55 Å². The molecule has 0 N–H and O–H groups in total. The van der Waals surface area contributed by atoms with Crippen molar-refractivity contribution in [3.05, 3.63) is 58.4 Å². The number of imidazole rings is 1. The molecule has 0 spiro atoms. The average Bonchev–Trinajstić information content (AvgIpc) is 3.13. The lowest BCUT2D eigenvalue weighted by atomic mass is 10.0. The van der Waals surface area contributed by atoms with Crippen LogP contribution >= 0.6 is 11.9 Å². The minimum Gasteiger partial charge on any atom is -0.381 e. The van der Waals surface area contributed by atoms with Gasteiger partial charge in [0, 0.05) is 49.5 Å². The van der Waals surface area contributed by atoms with Gasteiger partial charge in [-0.15, -0.1) is 0 Å². The summed E-state index contributed by atoms with van der Waals surface area (Å²) in [6.45, 7) is 1.38. The number of nitrogens with zero attached hydrogens (tertiary/aromatic N) is 4. The number of rotatable bonds is 6. The summed E-state index contributed by atoms with van der Waals surface area (Å²) in [7, 11) is 1.77. The van der Waals surface area contributed by atoms with Gasteiger partial charge in [0.1, 0.15) is 0 Å². The van der Waals surface area contributed by atoms with Crippen molar-refractivity contribution in [3.63, 3.8) is 0 Å². The predicted molar refractivity (Wildman–Crippen MR) is 116 cm³/mol. The highest BCUT2D eigenvalue weighted by Crippen LogP contribution is 2.35. The highest BCUT2D eigenvalue weighted by Gasteiger charge is 2.38. The summed E-state index contributed by atoms with van der Waals surface area (Å²) in [6.07, 6.45) is -3.10. The average molecular weight is 466 g/mol. The van der Waals surface area contributed by atoms with E-state index in [0.717, 1.165) is 17.7 Å². The third-order valence-electron chi connectivity index (χ3n) is 5.42. The molecule has 0 unspecified atom stereocenters. The zero-order valence-corrected chi connectivity index (χ0v) is 18.0. The second-order valence-electron chi connectivity index (χ2n) is 7.61. The SMILES string of the molecule is CN(Sc1ccc([N+](=O)[O-])cc1)c1ccc2c(c1)nc(C(F)(F)F)n2CC1CCOCC1. The maximum atomic E-state index is 13.7. The van der Waals surface area contributed by atoms with E-state index < -0.39 is 16.9 Å². The molecule has 3 aromatic rings. The second-order valence-corrected chi connectivity index (χ2v) is 8.81. The molecule has 0 saturated carbocycles. The number of aromatic nitrogens is 2. The van der Waals surface area contributed by atoms with Gasteiger partial charge < -0.3 is 13.6 Å². The van der Waals surface area contributed by atoms with Crippen LogP contribution in [-0.4, -0.2) is 34.7 Å². The summed E-state index contributed by atoms with van der Waals surface area (Å²) in [5.74, 6) is -0.774. The van der Waals surface area contributed by atoms with E-state index >= 15 is 0 Å². The van der Waals surface area contributed by atoms with Gasteiger partial charge in [0.2, 0.25) is 5.82 Å². The number of alkyl halides is 3. The molecule has 0 bridgehead atoms. The molecule has 7 nitrogen and oxygen atoms in total. The lowest BCUT2D eigenvalue weighted by Crippen LogP contribution is -2.23. The Kier molecular flexibility index (Phi) is 6.29. The number of anilines is 1. The highest BCUT2D eigenvalue weighted by molar-refractivity contribution is 8.00. The lowest BCUT2D eigenvalue weighted by Gasteiger charge is -2.24. The van der Waals surface area contributed by atoms with Crippen LogP contribution in [0, 0.1) is 16.0 Å². The quantitative estimate of drug-likeness (QED) is 0.270. The molecule has 11 heteroatoms. The predicted octanol–water partition coefficient (Wildman–Crippen LogP) is 5.53. The molecule has 4 rings (SSSR count). The van der Waals surface area contributed by atoms with E-state index in [1.54, 1.807) is 41.7 Å². The van der Waals surface area contributed by atoms with E-state index in [-0.39, 0.29) is 23.7 Å². The Balaban J connectivity index is 1.60. The van der Waals surface area contributed by atoms with E-state index in [0.29, 0.717) is 24.4 Å². The summed E-state index contributed by atoms with van der Waals surface area (Å²) < 4.78 is 49.5. The Morgan fingerprint density at radius 2 is 1.91 bits per heavy atom. The summed E-state index contributed by atoms with van der Waals surface area (Å²) in [5, 5.41) is 10.8. The number of non-ortho nitro benzene ring substituents is 1. The van der Waals surface area contributed by atoms with E-state index in [2.05, 4.69) is 4.98 Å². The topological polar surface area (TPSA) is 73.4 Å². The highest BCUT2D eigenvalue weighted by atomic mass is 32.2. The number of hydrogen-bond donors (Lipinski definition) is 0. The third kappa shape index (κ3) is 4.83. The van der Waals surface area contributed by atoms with E-state index in [9.17, 15) is 23.3 Å². The van der Waals surface area contributed by atoms with E-state index in [1.807, 2.05) is 0 Å². The zero-order valence-electron chi connectivity index (χ0n) is 17.2. The van der Waals surface area contributed by atoms with Gasteiger partial charge in [-0.05, 0) is 61.0 Å². The molecule has 1 fully saturated rings. The normalized spacial score (nSPS) is 15.2. The first-order chi connectivity index (χ1) is 15.2. The molecule has 1 aromatic heterocycles. The van der Waals surface area contributed by atoms with Gasteiger partial charge in [0.15, 0.2) is 0 Å². The molecule has 0 aliphatic carbocycles. The second kappa shape index (κ2) is 8.99. The Morgan fingerprint density at radius 1 is 1.22 bits per heavy atom. The number of benzene rings is 2. The molecule has 2 heterocycles. The number of halogens is 3. The van der Waals surface area contributed by atoms with Gasteiger partial charge >= 0.3 is 6.18 Å². The summed E-state index contributed by atoms with van der Waals surface area (Å²) in [5.41, 5.74) is 1.39. The number of fused-ring (bicyclic) bond motifs is 1. The van der Waals surface area contributed by atoms with Crippen LogP contribution in [0.5, 0.6) is 0 Å². The minimum atomic E-state index is -4.55. The van der Waals surface area contributed by atoms with Crippen LogP contribution in [0.1, 0.15) is 18.7 Å². The first-order valence-corrected chi connectivity index (χ1v) is 10.8. The summed E-state index contributed by atoms with van der Waals surface area (Å²) in [4.78, 5) is 15.0. The maximum Gasteiger partial charge on any atom is 0.449 e. The zero-order chi connectivity index (χ0) is 22.9. The van der Waals surface area contributed by atoms with Crippen LogP contribution in [0.25, 0.3) is 11.0 Å². The number of nitro benzene ring substituents is 1. The third-order valence-corrected chi connectivity index (χ3v) is 6.39. The molecule has 0 atom stereocenters. The van der Waals surface area contributed by atoms with Crippen LogP contribution in [-0.2, 0) is 17.5 Å². The maximum absolute atomic E-state index is 13.7. The van der Waals surface area contributed by atoms with Crippen molar-refractivity contribution >= 4 is 34.4 Å². The van der Waals surface area contributed by atoms with Crippen LogP contribution in [0.2, 0.25) is 0 Å². The van der Waals surface area contributed by atoms with Crippen LogP contribution in [0.15, 0.2) is 47.4 Å². The molecule has 170 valence electrons.